The fourth-order valence-electron chi connectivity index (χ4n) is 3.69. The Kier molecular flexibility index (Phi) is 6.34. The first-order chi connectivity index (χ1) is 17.7. The third kappa shape index (κ3) is 4.49. The number of rotatable bonds is 8. The van der Waals surface area contributed by atoms with Gasteiger partial charge in [-0.2, -0.15) is 9.78 Å². The zero-order valence-corrected chi connectivity index (χ0v) is 19.3. The minimum Gasteiger partial charge on any atom is -0.494 e. The van der Waals surface area contributed by atoms with Gasteiger partial charge >= 0.3 is 0 Å². The average Bonchev–Trinajstić information content (AvgIpc) is 3.54. The Morgan fingerprint density at radius 1 is 1.11 bits per heavy atom. The molecule has 11 nitrogen and oxygen atoms in total. The first-order valence-electron chi connectivity index (χ1n) is 11.2. The SMILES string of the molecule is CCCOc1ccc(-c2c(C(=O)N/N=C/c3cccc4ccccc34)nnn2-c2nonc2N)cc1. The summed E-state index contributed by atoms with van der Waals surface area (Å²) < 4.78 is 11.7. The summed E-state index contributed by atoms with van der Waals surface area (Å²) in [7, 11) is 0. The van der Waals surface area contributed by atoms with Crippen LogP contribution in [0.25, 0.3) is 27.8 Å². The van der Waals surface area contributed by atoms with Gasteiger partial charge < -0.3 is 10.5 Å². The average molecular weight is 483 g/mol. The summed E-state index contributed by atoms with van der Waals surface area (Å²) in [5.41, 5.74) is 10.3. The largest absolute Gasteiger partial charge is 0.494 e. The Hall–Kier alpha value is -5.06. The fourth-order valence-corrected chi connectivity index (χ4v) is 3.69. The van der Waals surface area contributed by atoms with E-state index in [1.54, 1.807) is 30.5 Å². The Labute approximate surface area is 205 Å². The molecule has 3 N–H and O–H groups in total. The Morgan fingerprint density at radius 2 is 1.92 bits per heavy atom. The summed E-state index contributed by atoms with van der Waals surface area (Å²) in [6.45, 7) is 2.63. The predicted molar refractivity (Wildman–Crippen MR) is 134 cm³/mol. The van der Waals surface area contributed by atoms with Gasteiger partial charge in [0.2, 0.25) is 11.6 Å². The van der Waals surface area contributed by atoms with E-state index in [2.05, 4.69) is 31.2 Å². The molecule has 0 atom stereocenters. The molecule has 3 aromatic carbocycles. The molecule has 0 spiro atoms. The molecule has 0 saturated heterocycles. The first-order valence-corrected chi connectivity index (χ1v) is 11.2. The lowest BCUT2D eigenvalue weighted by molar-refractivity contribution is 0.0950. The van der Waals surface area contributed by atoms with E-state index in [9.17, 15) is 4.79 Å². The van der Waals surface area contributed by atoms with E-state index in [-0.39, 0.29) is 17.3 Å². The molecular formula is C25H22N8O3. The molecule has 2 aromatic heterocycles. The second-order valence-electron chi connectivity index (χ2n) is 7.81. The van der Waals surface area contributed by atoms with Gasteiger partial charge in [-0.05, 0) is 51.8 Å². The minimum absolute atomic E-state index is 0.00461. The lowest BCUT2D eigenvalue weighted by Crippen LogP contribution is -2.19. The van der Waals surface area contributed by atoms with Gasteiger partial charge in [0, 0.05) is 11.1 Å². The highest BCUT2D eigenvalue weighted by Crippen LogP contribution is 2.28. The lowest BCUT2D eigenvalue weighted by Gasteiger charge is -2.08. The number of ether oxygens (including phenoxy) is 1. The van der Waals surface area contributed by atoms with Gasteiger partial charge in [-0.3, -0.25) is 4.79 Å². The number of hydrogen-bond acceptors (Lipinski definition) is 9. The van der Waals surface area contributed by atoms with Crippen molar-refractivity contribution in [3.63, 3.8) is 0 Å². The number of hydrogen-bond donors (Lipinski definition) is 2. The van der Waals surface area contributed by atoms with Crippen LogP contribution in [0.1, 0.15) is 29.4 Å². The minimum atomic E-state index is -0.561. The van der Waals surface area contributed by atoms with E-state index in [0.717, 1.165) is 22.8 Å². The molecule has 36 heavy (non-hydrogen) atoms. The lowest BCUT2D eigenvalue weighted by atomic mass is 10.1. The molecule has 0 aliphatic rings. The number of nitrogens with two attached hydrogens (primary N) is 1. The smallest absolute Gasteiger partial charge is 0.294 e. The van der Waals surface area contributed by atoms with Crippen LogP contribution < -0.4 is 15.9 Å². The first kappa shape index (κ1) is 22.7. The summed E-state index contributed by atoms with van der Waals surface area (Å²) in [6.07, 6.45) is 2.48. The fraction of sp³-hybridized carbons (Fsp3) is 0.120. The highest BCUT2D eigenvalue weighted by molar-refractivity contribution is 6.01. The maximum absolute atomic E-state index is 13.1. The van der Waals surface area contributed by atoms with Gasteiger partial charge in [-0.1, -0.05) is 54.6 Å². The van der Waals surface area contributed by atoms with E-state index in [0.29, 0.717) is 23.6 Å². The number of carbonyl (C=O) groups is 1. The van der Waals surface area contributed by atoms with Gasteiger partial charge in [0.05, 0.1) is 12.8 Å². The van der Waals surface area contributed by atoms with E-state index in [1.165, 1.54) is 4.68 Å². The maximum Gasteiger partial charge on any atom is 0.294 e. The predicted octanol–water partition coefficient (Wildman–Crippen LogP) is 3.61. The molecule has 0 radical (unpaired) electrons. The van der Waals surface area contributed by atoms with E-state index >= 15 is 0 Å². The second-order valence-corrected chi connectivity index (χ2v) is 7.81. The summed E-state index contributed by atoms with van der Waals surface area (Å²) in [5, 5.41) is 21.8. The van der Waals surface area contributed by atoms with Crippen molar-refractivity contribution < 1.29 is 14.2 Å². The van der Waals surface area contributed by atoms with Gasteiger partial charge in [0.1, 0.15) is 11.4 Å². The Balaban J connectivity index is 1.46. The number of fused-ring (bicyclic) bond motifs is 1. The number of amides is 1. The van der Waals surface area contributed by atoms with Gasteiger partial charge in [0.25, 0.3) is 5.91 Å². The van der Waals surface area contributed by atoms with Crippen LogP contribution in [0.2, 0.25) is 0 Å². The van der Waals surface area contributed by atoms with Crippen molar-refractivity contribution in [2.45, 2.75) is 13.3 Å². The van der Waals surface area contributed by atoms with Gasteiger partial charge in [0.15, 0.2) is 5.69 Å². The molecule has 180 valence electrons. The highest BCUT2D eigenvalue weighted by Gasteiger charge is 2.25. The molecule has 0 aliphatic heterocycles. The highest BCUT2D eigenvalue weighted by atomic mass is 16.6. The molecular weight excluding hydrogens is 460 g/mol. The normalized spacial score (nSPS) is 11.2. The Bertz CT molecular complexity index is 1530. The van der Waals surface area contributed by atoms with Crippen molar-refractivity contribution in [1.82, 2.24) is 30.7 Å². The zero-order valence-electron chi connectivity index (χ0n) is 19.3. The molecule has 5 rings (SSSR count). The molecule has 0 fully saturated rings. The summed E-state index contributed by atoms with van der Waals surface area (Å²) in [6, 6.07) is 21.0. The molecule has 2 heterocycles. The van der Waals surface area contributed by atoms with Crippen molar-refractivity contribution in [1.29, 1.82) is 0 Å². The van der Waals surface area contributed by atoms with Crippen LogP contribution in [-0.4, -0.2) is 44.0 Å². The quantitative estimate of drug-likeness (QED) is 0.252. The maximum atomic E-state index is 13.1. The number of anilines is 1. The molecule has 0 saturated carbocycles. The zero-order chi connectivity index (χ0) is 24.9. The number of benzene rings is 3. The Morgan fingerprint density at radius 3 is 2.69 bits per heavy atom. The monoisotopic (exact) mass is 482 g/mol. The van der Waals surface area contributed by atoms with Crippen LogP contribution in [0.4, 0.5) is 5.82 Å². The van der Waals surface area contributed by atoms with Crippen LogP contribution in [0.15, 0.2) is 76.5 Å². The number of nitrogens with zero attached hydrogens (tertiary/aromatic N) is 6. The molecule has 0 aliphatic carbocycles. The standard InChI is InChI=1S/C25H22N8O3/c1-2-14-35-19-12-10-17(11-13-19)22-21(28-32-33(22)24-23(26)30-36-31-24)25(34)29-27-15-18-8-5-7-16-6-3-4-9-20(16)18/h3-13,15H,2,14H2,1H3,(H2,26,30)(H,29,34)/b27-15+. The van der Waals surface area contributed by atoms with E-state index in [4.69, 9.17) is 15.1 Å². The molecule has 5 aromatic rings. The number of nitrogens with one attached hydrogen (secondary N) is 1. The number of nitrogen functional groups attached to an aromatic ring is 1. The van der Waals surface area contributed by atoms with Crippen LogP contribution in [-0.2, 0) is 0 Å². The van der Waals surface area contributed by atoms with Crippen LogP contribution >= 0.6 is 0 Å². The van der Waals surface area contributed by atoms with Crippen molar-refractivity contribution in [2.24, 2.45) is 5.10 Å². The number of hydrazone groups is 1. The number of carbonyl (C=O) groups excluding carboxylic acids is 1. The van der Waals surface area contributed by atoms with Crippen molar-refractivity contribution >= 4 is 28.7 Å². The molecule has 0 unspecified atom stereocenters. The van der Waals surface area contributed by atoms with Gasteiger partial charge in [-0.15, -0.1) is 5.10 Å². The van der Waals surface area contributed by atoms with Crippen molar-refractivity contribution in [3.8, 4) is 22.8 Å². The second kappa shape index (κ2) is 10.1. The van der Waals surface area contributed by atoms with Crippen molar-refractivity contribution in [3.05, 3.63) is 78.0 Å². The number of aromatic nitrogens is 5. The van der Waals surface area contributed by atoms with Crippen LogP contribution in [0.5, 0.6) is 5.75 Å². The molecule has 0 bridgehead atoms. The summed E-state index contributed by atoms with van der Waals surface area (Å²) in [5.74, 6) is 0.258. The molecule has 11 heteroatoms. The van der Waals surface area contributed by atoms with E-state index in [1.807, 2.05) is 49.4 Å². The van der Waals surface area contributed by atoms with Crippen LogP contribution in [0.3, 0.4) is 0 Å². The molecule has 1 amide bonds. The summed E-state index contributed by atoms with van der Waals surface area (Å²) >= 11 is 0. The third-order valence-corrected chi connectivity index (χ3v) is 5.38. The van der Waals surface area contributed by atoms with Crippen LogP contribution in [0, 0.1) is 0 Å². The third-order valence-electron chi connectivity index (χ3n) is 5.38. The summed E-state index contributed by atoms with van der Waals surface area (Å²) in [4.78, 5) is 13.1. The van der Waals surface area contributed by atoms with E-state index < -0.39 is 5.91 Å². The van der Waals surface area contributed by atoms with Crippen molar-refractivity contribution in [2.75, 3.05) is 12.3 Å². The topological polar surface area (TPSA) is 146 Å². The van der Waals surface area contributed by atoms with Gasteiger partial charge in [-0.25, -0.2) is 10.1 Å².